The van der Waals surface area contributed by atoms with Gasteiger partial charge in [0.2, 0.25) is 11.8 Å². The van der Waals surface area contributed by atoms with Crippen LogP contribution in [-0.2, 0) is 6.54 Å². The lowest BCUT2D eigenvalue weighted by Crippen LogP contribution is -2.24. The number of benzene rings is 2. The summed E-state index contributed by atoms with van der Waals surface area (Å²) in [4.78, 5) is 30.1. The fraction of sp³-hybridized carbons (Fsp3) is 0.160. The van der Waals surface area contributed by atoms with Crippen molar-refractivity contribution in [3.05, 3.63) is 87.3 Å². The van der Waals surface area contributed by atoms with Crippen molar-refractivity contribution >= 4 is 23.4 Å². The van der Waals surface area contributed by atoms with Gasteiger partial charge in [-0.3, -0.25) is 4.98 Å². The summed E-state index contributed by atoms with van der Waals surface area (Å²) < 4.78 is 1.54. The molecule has 0 aliphatic carbocycles. The number of aromatic nitrogens is 6. The minimum absolute atomic E-state index is 0.228. The van der Waals surface area contributed by atoms with E-state index in [0.717, 1.165) is 23.1 Å². The van der Waals surface area contributed by atoms with E-state index in [9.17, 15) is 9.90 Å². The quantitative estimate of drug-likeness (QED) is 0.219. The molecule has 6 N–H and O–H groups in total. The first-order valence-corrected chi connectivity index (χ1v) is 11.5. The van der Waals surface area contributed by atoms with Crippen molar-refractivity contribution in [3.63, 3.8) is 0 Å². The number of imidazole rings is 1. The summed E-state index contributed by atoms with van der Waals surface area (Å²) in [5.74, 6) is 0.113. The molecule has 0 saturated heterocycles. The van der Waals surface area contributed by atoms with Crippen LogP contribution in [0.5, 0.6) is 5.88 Å². The first-order chi connectivity index (χ1) is 17.5. The predicted octanol–water partition coefficient (Wildman–Crippen LogP) is 1.57. The van der Waals surface area contributed by atoms with Crippen LogP contribution in [0.15, 0.2) is 64.5 Å². The smallest absolute Gasteiger partial charge is 0.326 e. The standard InChI is InChI=1S/C25H25N9O2/c1-2-10-27-24-33-23(28-13-16-6-3-4-9-19(16)15-7-5-8-18(26)11-15)31-21-17(14-29-34(21)24)12-20-22(35)32-25(36)30-20/h3-9,11-12,14,35H,2,10,13,26H2,1H3,(H,27,28,33)(H2,30,32,36). The van der Waals surface area contributed by atoms with E-state index in [1.165, 1.54) is 4.52 Å². The second-order valence-electron chi connectivity index (χ2n) is 8.19. The Labute approximate surface area is 205 Å². The normalized spacial score (nSPS) is 12.5. The van der Waals surface area contributed by atoms with E-state index in [4.69, 9.17) is 5.73 Å². The fourth-order valence-electron chi connectivity index (χ4n) is 3.86. The molecule has 11 heteroatoms. The Morgan fingerprint density at radius 2 is 2.03 bits per heavy atom. The molecule has 3 heterocycles. The van der Waals surface area contributed by atoms with Crippen molar-refractivity contribution in [1.29, 1.82) is 0 Å². The molecule has 0 radical (unpaired) electrons. The Morgan fingerprint density at radius 3 is 2.81 bits per heavy atom. The Morgan fingerprint density at radius 1 is 1.17 bits per heavy atom. The zero-order valence-electron chi connectivity index (χ0n) is 19.6. The van der Waals surface area contributed by atoms with Gasteiger partial charge in [-0.1, -0.05) is 43.3 Å². The number of nitrogens with zero attached hydrogens (tertiary/aromatic N) is 5. The SMILES string of the molecule is CCCN=c1nc(NCc2ccccc2-c2cccc(N)c2)nc2c(=Cc3[nH]c(=O)[nH]c3O)cnn12. The van der Waals surface area contributed by atoms with Gasteiger partial charge in [0.1, 0.15) is 5.69 Å². The lowest BCUT2D eigenvalue weighted by molar-refractivity contribution is 0.454. The first-order valence-electron chi connectivity index (χ1n) is 11.5. The van der Waals surface area contributed by atoms with Gasteiger partial charge in [-0.25, -0.2) is 9.79 Å². The number of anilines is 2. The highest BCUT2D eigenvalue weighted by Gasteiger charge is 2.10. The van der Waals surface area contributed by atoms with E-state index in [1.54, 1.807) is 12.3 Å². The van der Waals surface area contributed by atoms with E-state index in [0.29, 0.717) is 41.2 Å². The molecular weight excluding hydrogens is 458 g/mol. The highest BCUT2D eigenvalue weighted by Crippen LogP contribution is 2.25. The van der Waals surface area contributed by atoms with Crippen LogP contribution >= 0.6 is 0 Å². The fourth-order valence-corrected chi connectivity index (χ4v) is 3.86. The van der Waals surface area contributed by atoms with E-state index in [1.807, 2.05) is 55.5 Å². The van der Waals surface area contributed by atoms with Crippen LogP contribution in [-0.4, -0.2) is 41.2 Å². The third-order valence-corrected chi connectivity index (χ3v) is 5.54. The summed E-state index contributed by atoms with van der Waals surface area (Å²) in [6.45, 7) is 3.07. The number of nitrogen functional groups attached to an aromatic ring is 1. The topological polar surface area (TPSA) is 162 Å². The van der Waals surface area contributed by atoms with Gasteiger partial charge in [0.15, 0.2) is 5.65 Å². The van der Waals surface area contributed by atoms with Crippen molar-refractivity contribution in [2.24, 2.45) is 4.99 Å². The zero-order valence-corrected chi connectivity index (χ0v) is 19.6. The maximum absolute atomic E-state index is 11.5. The van der Waals surface area contributed by atoms with Crippen LogP contribution in [0.3, 0.4) is 0 Å². The van der Waals surface area contributed by atoms with Crippen LogP contribution in [0.4, 0.5) is 11.6 Å². The molecule has 0 spiro atoms. The molecule has 0 saturated carbocycles. The summed E-state index contributed by atoms with van der Waals surface area (Å²) in [6, 6.07) is 15.8. The number of nitrogens with two attached hydrogens (primary N) is 1. The van der Waals surface area contributed by atoms with Crippen molar-refractivity contribution in [1.82, 2.24) is 29.5 Å². The number of hydrogen-bond donors (Lipinski definition) is 5. The molecular formula is C25H25N9O2. The Bertz CT molecular complexity index is 1720. The highest BCUT2D eigenvalue weighted by molar-refractivity contribution is 5.70. The number of nitrogens with one attached hydrogen (secondary N) is 3. The number of fused-ring (bicyclic) bond motifs is 1. The summed E-state index contributed by atoms with van der Waals surface area (Å²) in [6.07, 6.45) is 4.02. The molecule has 2 aromatic carbocycles. The van der Waals surface area contributed by atoms with Gasteiger partial charge >= 0.3 is 5.69 Å². The molecule has 0 unspecified atom stereocenters. The van der Waals surface area contributed by atoms with Gasteiger partial charge in [-0.05, 0) is 41.3 Å². The molecule has 0 bridgehead atoms. The average molecular weight is 484 g/mol. The number of hydrogen-bond acceptors (Lipinski definition) is 8. The van der Waals surface area contributed by atoms with E-state index in [-0.39, 0.29) is 11.6 Å². The third kappa shape index (κ3) is 4.67. The highest BCUT2D eigenvalue weighted by atomic mass is 16.3. The van der Waals surface area contributed by atoms with Crippen LogP contribution in [0, 0.1) is 0 Å². The monoisotopic (exact) mass is 483 g/mol. The van der Waals surface area contributed by atoms with Gasteiger partial charge in [0.25, 0.3) is 5.62 Å². The van der Waals surface area contributed by atoms with Crippen molar-refractivity contribution in [2.45, 2.75) is 19.9 Å². The number of aromatic hydroxyl groups is 1. The third-order valence-electron chi connectivity index (χ3n) is 5.54. The summed E-state index contributed by atoms with van der Waals surface area (Å²) in [5, 5.41) is 18.2. The molecule has 182 valence electrons. The zero-order chi connectivity index (χ0) is 25.1. The number of rotatable bonds is 7. The van der Waals surface area contributed by atoms with E-state index in [2.05, 4.69) is 35.3 Å². The van der Waals surface area contributed by atoms with Gasteiger partial charge in [0, 0.05) is 24.0 Å². The molecule has 0 fully saturated rings. The van der Waals surface area contributed by atoms with Gasteiger partial charge < -0.3 is 21.1 Å². The molecule has 5 aromatic rings. The minimum atomic E-state index is -0.510. The summed E-state index contributed by atoms with van der Waals surface area (Å²) in [5.41, 5.74) is 10.4. The predicted molar refractivity (Wildman–Crippen MR) is 137 cm³/mol. The van der Waals surface area contributed by atoms with Crippen LogP contribution in [0.2, 0.25) is 0 Å². The van der Waals surface area contributed by atoms with Crippen LogP contribution in [0.25, 0.3) is 22.9 Å². The van der Waals surface area contributed by atoms with Crippen LogP contribution < -0.4 is 27.6 Å². The lowest BCUT2D eigenvalue weighted by atomic mass is 9.99. The summed E-state index contributed by atoms with van der Waals surface area (Å²) in [7, 11) is 0. The van der Waals surface area contributed by atoms with Gasteiger partial charge in [-0.2, -0.15) is 19.6 Å². The van der Waals surface area contributed by atoms with Crippen molar-refractivity contribution in [3.8, 4) is 17.0 Å². The van der Waals surface area contributed by atoms with E-state index < -0.39 is 5.69 Å². The molecule has 36 heavy (non-hydrogen) atoms. The lowest BCUT2D eigenvalue weighted by Gasteiger charge is -2.11. The maximum atomic E-state index is 11.5. The molecule has 11 nitrogen and oxygen atoms in total. The van der Waals surface area contributed by atoms with E-state index >= 15 is 0 Å². The molecule has 0 atom stereocenters. The van der Waals surface area contributed by atoms with Crippen LogP contribution in [0.1, 0.15) is 24.6 Å². The molecule has 0 aliphatic heterocycles. The first kappa shape index (κ1) is 22.8. The summed E-state index contributed by atoms with van der Waals surface area (Å²) >= 11 is 0. The average Bonchev–Trinajstić information content (AvgIpc) is 3.43. The molecule has 0 aliphatic rings. The molecule has 5 rings (SSSR count). The number of aromatic amines is 2. The Hall–Kier alpha value is -4.93. The van der Waals surface area contributed by atoms with Gasteiger partial charge in [-0.15, -0.1) is 0 Å². The molecule has 0 amide bonds. The Kier molecular flexibility index (Phi) is 6.18. The van der Waals surface area contributed by atoms with Crippen molar-refractivity contribution < 1.29 is 5.11 Å². The molecule has 3 aromatic heterocycles. The number of H-pyrrole nitrogens is 2. The Balaban J connectivity index is 1.55. The second-order valence-corrected chi connectivity index (χ2v) is 8.19. The minimum Gasteiger partial charge on any atom is -0.493 e. The van der Waals surface area contributed by atoms with Crippen molar-refractivity contribution in [2.75, 3.05) is 17.6 Å². The second kappa shape index (κ2) is 9.74. The van der Waals surface area contributed by atoms with Gasteiger partial charge in [0.05, 0.1) is 6.20 Å². The maximum Gasteiger partial charge on any atom is 0.326 e. The largest absolute Gasteiger partial charge is 0.493 e.